The van der Waals surface area contributed by atoms with Crippen molar-refractivity contribution in [3.05, 3.63) is 64.7 Å². The van der Waals surface area contributed by atoms with Crippen molar-refractivity contribution < 1.29 is 14.3 Å². The van der Waals surface area contributed by atoms with Crippen LogP contribution < -0.4 is 5.73 Å². The highest BCUT2D eigenvalue weighted by Gasteiger charge is 2.33. The van der Waals surface area contributed by atoms with Crippen molar-refractivity contribution in [2.24, 2.45) is 0 Å². The van der Waals surface area contributed by atoms with Crippen LogP contribution in [0.3, 0.4) is 0 Å². The number of amides is 1. The maximum atomic E-state index is 13.0. The van der Waals surface area contributed by atoms with Crippen LogP contribution in [0.15, 0.2) is 42.5 Å². The lowest BCUT2D eigenvalue weighted by Crippen LogP contribution is -2.48. The molecule has 0 radical (unpaired) electrons. The van der Waals surface area contributed by atoms with Crippen LogP contribution in [-0.4, -0.2) is 29.4 Å². The van der Waals surface area contributed by atoms with Gasteiger partial charge in [-0.3, -0.25) is 4.79 Å². The number of nitrogens with two attached hydrogens (primary N) is 1. The van der Waals surface area contributed by atoms with E-state index in [1.807, 2.05) is 24.3 Å². The van der Waals surface area contributed by atoms with E-state index in [1.165, 1.54) is 23.6 Å². The lowest BCUT2D eigenvalue weighted by atomic mass is 9.98. The normalized spacial score (nSPS) is 17.4. The van der Waals surface area contributed by atoms with E-state index in [2.05, 4.69) is 32.0 Å². The van der Waals surface area contributed by atoms with E-state index in [0.717, 1.165) is 24.8 Å². The highest BCUT2D eigenvalue weighted by Crippen LogP contribution is 2.28. The molecule has 2 N–H and O–H groups in total. The van der Waals surface area contributed by atoms with E-state index in [4.69, 9.17) is 10.5 Å². The maximum absolute atomic E-state index is 13.0. The predicted molar refractivity (Wildman–Crippen MR) is 119 cm³/mol. The molecule has 0 aliphatic carbocycles. The van der Waals surface area contributed by atoms with Gasteiger partial charge in [-0.1, -0.05) is 30.3 Å². The number of benzene rings is 2. The fraction of sp³-hybridized carbons (Fsp3) is 0.440. The number of anilines is 1. The smallest absolute Gasteiger partial charge is 0.329 e. The molecule has 0 bridgehead atoms. The third kappa shape index (κ3) is 5.41. The molecule has 30 heavy (non-hydrogen) atoms. The van der Waals surface area contributed by atoms with Gasteiger partial charge in [0, 0.05) is 19.2 Å². The van der Waals surface area contributed by atoms with Crippen molar-refractivity contribution in [1.29, 1.82) is 0 Å². The minimum atomic E-state index is -0.499. The molecule has 0 saturated carbocycles. The van der Waals surface area contributed by atoms with Crippen LogP contribution in [0.5, 0.6) is 0 Å². The molecule has 2 aromatic rings. The first kappa shape index (κ1) is 21.9. The number of ether oxygens (including phenoxy) is 1. The minimum Gasteiger partial charge on any atom is -0.456 e. The van der Waals surface area contributed by atoms with Gasteiger partial charge in [0.1, 0.15) is 12.1 Å². The van der Waals surface area contributed by atoms with Crippen LogP contribution in [-0.2, 0) is 20.7 Å². The van der Waals surface area contributed by atoms with Crippen LogP contribution in [0, 0.1) is 13.8 Å². The number of hydrogen-bond acceptors (Lipinski definition) is 4. The van der Waals surface area contributed by atoms with Gasteiger partial charge in [-0.25, -0.2) is 4.79 Å². The Morgan fingerprint density at radius 1 is 1.13 bits per heavy atom. The summed E-state index contributed by atoms with van der Waals surface area (Å²) in [6, 6.07) is 13.4. The average molecular weight is 409 g/mol. The van der Waals surface area contributed by atoms with Gasteiger partial charge in [0.05, 0.1) is 0 Å². The Morgan fingerprint density at radius 3 is 2.63 bits per heavy atom. The van der Waals surface area contributed by atoms with E-state index >= 15 is 0 Å². The number of esters is 1. The second-order valence-corrected chi connectivity index (χ2v) is 8.28. The molecule has 0 spiro atoms. The first-order valence-corrected chi connectivity index (χ1v) is 10.7. The first-order chi connectivity index (χ1) is 14.3. The SMILES string of the molecule is CC(=O)N1CCCC[C@H]1C(=O)O[C@H](CCc1ccc(C)c(C)c1)c1cccc(N)c1. The number of nitrogens with zero attached hydrogens (tertiary/aromatic N) is 1. The molecule has 2 aromatic carbocycles. The van der Waals surface area contributed by atoms with Gasteiger partial charge >= 0.3 is 5.97 Å². The standard InChI is InChI=1S/C25H32N2O3/c1-17-10-11-20(15-18(17)2)12-13-24(21-7-6-8-22(26)16-21)30-25(29)23-9-4-5-14-27(23)19(3)28/h6-8,10-11,15-16,23-24H,4-5,9,12-14,26H2,1-3H3/t23-,24+/m0/s1. The molecule has 1 aliphatic rings. The van der Waals surface area contributed by atoms with Gasteiger partial charge in [0.25, 0.3) is 0 Å². The summed E-state index contributed by atoms with van der Waals surface area (Å²) < 4.78 is 6.00. The fourth-order valence-corrected chi connectivity index (χ4v) is 4.08. The van der Waals surface area contributed by atoms with Crippen LogP contribution >= 0.6 is 0 Å². The van der Waals surface area contributed by atoms with Crippen LogP contribution in [0.4, 0.5) is 5.69 Å². The highest BCUT2D eigenvalue weighted by molar-refractivity contribution is 5.83. The Morgan fingerprint density at radius 2 is 1.93 bits per heavy atom. The zero-order chi connectivity index (χ0) is 21.7. The molecule has 1 saturated heterocycles. The third-order valence-corrected chi connectivity index (χ3v) is 5.99. The van der Waals surface area contributed by atoms with E-state index in [1.54, 1.807) is 4.90 Å². The van der Waals surface area contributed by atoms with Crippen molar-refractivity contribution in [2.75, 3.05) is 12.3 Å². The van der Waals surface area contributed by atoms with Crippen molar-refractivity contribution in [3.63, 3.8) is 0 Å². The van der Waals surface area contributed by atoms with Crippen molar-refractivity contribution in [1.82, 2.24) is 4.90 Å². The number of rotatable bonds is 6. The summed E-state index contributed by atoms with van der Waals surface area (Å²) in [5.41, 5.74) is 11.2. The number of aryl methyl sites for hydroxylation is 3. The highest BCUT2D eigenvalue weighted by atomic mass is 16.5. The number of carbonyl (C=O) groups is 2. The van der Waals surface area contributed by atoms with E-state index in [-0.39, 0.29) is 11.9 Å². The molecular formula is C25H32N2O3. The number of hydrogen-bond donors (Lipinski definition) is 1. The number of carbonyl (C=O) groups excluding carboxylic acids is 2. The Labute approximate surface area is 179 Å². The summed E-state index contributed by atoms with van der Waals surface area (Å²) in [6.07, 6.45) is 3.54. The molecule has 1 amide bonds. The Hall–Kier alpha value is -2.82. The molecule has 0 unspecified atom stereocenters. The van der Waals surface area contributed by atoms with Crippen molar-refractivity contribution >= 4 is 17.6 Å². The quantitative estimate of drug-likeness (QED) is 0.564. The monoisotopic (exact) mass is 408 g/mol. The van der Waals surface area contributed by atoms with Crippen LogP contribution in [0.1, 0.15) is 61.0 Å². The van der Waals surface area contributed by atoms with E-state index < -0.39 is 12.1 Å². The number of nitrogen functional groups attached to an aromatic ring is 1. The molecule has 1 aliphatic heterocycles. The topological polar surface area (TPSA) is 72.6 Å². The molecule has 2 atom stereocenters. The Balaban J connectivity index is 1.77. The van der Waals surface area contributed by atoms with E-state index in [9.17, 15) is 9.59 Å². The molecule has 3 rings (SSSR count). The second-order valence-electron chi connectivity index (χ2n) is 8.28. The van der Waals surface area contributed by atoms with Gasteiger partial charge in [-0.05, 0) is 80.3 Å². The molecule has 1 fully saturated rings. The van der Waals surface area contributed by atoms with Gasteiger partial charge in [-0.2, -0.15) is 0 Å². The zero-order valence-corrected chi connectivity index (χ0v) is 18.2. The number of piperidine rings is 1. The Bertz CT molecular complexity index is 909. The Kier molecular flexibility index (Phi) is 7.14. The second kappa shape index (κ2) is 9.79. The van der Waals surface area contributed by atoms with Gasteiger partial charge in [0.15, 0.2) is 0 Å². The average Bonchev–Trinajstić information content (AvgIpc) is 2.73. The first-order valence-electron chi connectivity index (χ1n) is 10.7. The van der Waals surface area contributed by atoms with Gasteiger partial charge in [0.2, 0.25) is 5.91 Å². The third-order valence-electron chi connectivity index (χ3n) is 5.99. The summed E-state index contributed by atoms with van der Waals surface area (Å²) in [7, 11) is 0. The van der Waals surface area contributed by atoms with Crippen LogP contribution in [0.25, 0.3) is 0 Å². The summed E-state index contributed by atoms with van der Waals surface area (Å²) >= 11 is 0. The van der Waals surface area contributed by atoms with E-state index in [0.29, 0.717) is 25.1 Å². The van der Waals surface area contributed by atoms with Crippen LogP contribution in [0.2, 0.25) is 0 Å². The molecule has 1 heterocycles. The fourth-order valence-electron chi connectivity index (χ4n) is 4.08. The zero-order valence-electron chi connectivity index (χ0n) is 18.2. The maximum Gasteiger partial charge on any atom is 0.329 e. The summed E-state index contributed by atoms with van der Waals surface area (Å²) in [5, 5.41) is 0. The minimum absolute atomic E-state index is 0.0766. The lowest BCUT2D eigenvalue weighted by Gasteiger charge is -2.34. The van der Waals surface area contributed by atoms with Gasteiger partial charge < -0.3 is 15.4 Å². The molecule has 0 aromatic heterocycles. The summed E-state index contributed by atoms with van der Waals surface area (Å²) in [5.74, 6) is -0.398. The molecule has 160 valence electrons. The lowest BCUT2D eigenvalue weighted by molar-refractivity contribution is -0.161. The van der Waals surface area contributed by atoms with Gasteiger partial charge in [-0.15, -0.1) is 0 Å². The summed E-state index contributed by atoms with van der Waals surface area (Å²) in [6.45, 7) is 6.33. The molecular weight excluding hydrogens is 376 g/mol. The largest absolute Gasteiger partial charge is 0.456 e. The van der Waals surface area contributed by atoms with Crippen molar-refractivity contribution in [3.8, 4) is 0 Å². The molecule has 5 heteroatoms. The predicted octanol–water partition coefficient (Wildman–Crippen LogP) is 4.50. The number of likely N-dealkylation sites (tertiary alicyclic amines) is 1. The molecule has 5 nitrogen and oxygen atoms in total. The summed E-state index contributed by atoms with van der Waals surface area (Å²) in [4.78, 5) is 26.7. The van der Waals surface area contributed by atoms with Crippen molar-refractivity contribution in [2.45, 2.75) is 65.0 Å².